The van der Waals surface area contributed by atoms with Crippen molar-refractivity contribution in [3.05, 3.63) is 35.6 Å². The second-order valence-corrected chi connectivity index (χ2v) is 8.76. The van der Waals surface area contributed by atoms with Gasteiger partial charge in [0, 0.05) is 26.2 Å². The molecule has 0 aromatic heterocycles. The summed E-state index contributed by atoms with van der Waals surface area (Å²) >= 11 is 0. The van der Waals surface area contributed by atoms with Gasteiger partial charge in [0.25, 0.3) is 0 Å². The van der Waals surface area contributed by atoms with Crippen molar-refractivity contribution in [3.8, 4) is 0 Å². The van der Waals surface area contributed by atoms with E-state index in [-0.39, 0.29) is 30.2 Å². The van der Waals surface area contributed by atoms with E-state index in [1.807, 2.05) is 18.7 Å². The lowest BCUT2D eigenvalue weighted by Gasteiger charge is -2.33. The Bertz CT molecular complexity index is 684. The number of carbonyl (C=O) groups is 1. The number of hydrogen-bond acceptors (Lipinski definition) is 4. The summed E-state index contributed by atoms with van der Waals surface area (Å²) in [6, 6.07) is 5.96. The molecule has 0 bridgehead atoms. The van der Waals surface area contributed by atoms with Gasteiger partial charge >= 0.3 is 0 Å². The average molecular weight is 371 g/mol. The molecule has 0 saturated carbocycles. The zero-order chi connectivity index (χ0) is 18.6. The minimum atomic E-state index is -3.17. The third kappa shape index (κ3) is 5.76. The molecule has 1 fully saturated rings. The van der Waals surface area contributed by atoms with E-state index in [4.69, 9.17) is 0 Å². The first-order valence-electron chi connectivity index (χ1n) is 8.39. The number of sulfonamides is 1. The van der Waals surface area contributed by atoms with Crippen molar-refractivity contribution >= 4 is 15.9 Å². The maximum Gasteiger partial charge on any atom is 0.234 e. The van der Waals surface area contributed by atoms with Crippen LogP contribution >= 0.6 is 0 Å². The van der Waals surface area contributed by atoms with Crippen LogP contribution in [-0.4, -0.2) is 62.5 Å². The molecule has 1 amide bonds. The summed E-state index contributed by atoms with van der Waals surface area (Å²) in [7, 11) is -3.17. The Morgan fingerprint density at radius 1 is 1.16 bits per heavy atom. The Morgan fingerprint density at radius 2 is 1.72 bits per heavy atom. The molecule has 1 aromatic rings. The molecule has 0 aliphatic carbocycles. The van der Waals surface area contributed by atoms with Gasteiger partial charge in [0.2, 0.25) is 15.9 Å². The highest BCUT2D eigenvalue weighted by Gasteiger charge is 2.25. The van der Waals surface area contributed by atoms with E-state index in [9.17, 15) is 17.6 Å². The maximum absolute atomic E-state index is 13.1. The molecule has 1 aliphatic heterocycles. The third-order valence-corrected chi connectivity index (χ3v) is 5.68. The standard InChI is InChI=1S/C17H26FN3O3S/c1-13(2)17(14-4-6-15(18)7-5-14)19-16(22)12-20-8-10-21(11-9-20)25(3,23)24/h4-7,13,17H,8-12H2,1-3H3,(H,19,22). The van der Waals surface area contributed by atoms with E-state index in [0.717, 1.165) is 5.56 Å². The lowest BCUT2D eigenvalue weighted by molar-refractivity contribution is -0.123. The SMILES string of the molecule is CC(C)C(NC(=O)CN1CCN(S(C)(=O)=O)CC1)c1ccc(F)cc1. The number of carbonyl (C=O) groups excluding carboxylic acids is 1. The first-order chi connectivity index (χ1) is 11.7. The fourth-order valence-corrected chi connectivity index (χ4v) is 3.77. The number of nitrogens with zero attached hydrogens (tertiary/aromatic N) is 2. The van der Waals surface area contributed by atoms with Crippen molar-refractivity contribution in [1.29, 1.82) is 0 Å². The van der Waals surface area contributed by atoms with Gasteiger partial charge in [-0.05, 0) is 23.6 Å². The first kappa shape index (κ1) is 19.8. The van der Waals surface area contributed by atoms with E-state index < -0.39 is 10.0 Å². The van der Waals surface area contributed by atoms with Gasteiger partial charge in [-0.25, -0.2) is 12.8 Å². The Hall–Kier alpha value is -1.51. The van der Waals surface area contributed by atoms with Gasteiger partial charge in [0.05, 0.1) is 18.8 Å². The van der Waals surface area contributed by atoms with Crippen molar-refractivity contribution < 1.29 is 17.6 Å². The fourth-order valence-electron chi connectivity index (χ4n) is 2.95. The van der Waals surface area contributed by atoms with Crippen LogP contribution in [0.3, 0.4) is 0 Å². The van der Waals surface area contributed by atoms with E-state index in [0.29, 0.717) is 26.2 Å². The minimum absolute atomic E-state index is 0.115. The normalized spacial score (nSPS) is 18.3. The molecule has 6 nitrogen and oxygen atoms in total. The molecule has 1 atom stereocenters. The number of amides is 1. The number of piperazine rings is 1. The van der Waals surface area contributed by atoms with Gasteiger partial charge in [0.15, 0.2) is 0 Å². The molecular formula is C17H26FN3O3S. The zero-order valence-electron chi connectivity index (χ0n) is 14.9. The first-order valence-corrected chi connectivity index (χ1v) is 10.2. The van der Waals surface area contributed by atoms with Gasteiger partial charge in [-0.15, -0.1) is 0 Å². The van der Waals surface area contributed by atoms with Gasteiger partial charge in [-0.1, -0.05) is 26.0 Å². The number of halogens is 1. The van der Waals surface area contributed by atoms with E-state index in [2.05, 4.69) is 5.32 Å². The predicted octanol–water partition coefficient (Wildman–Crippen LogP) is 1.22. The van der Waals surface area contributed by atoms with Crippen molar-refractivity contribution in [3.63, 3.8) is 0 Å². The average Bonchev–Trinajstić information content (AvgIpc) is 2.53. The molecule has 8 heteroatoms. The Morgan fingerprint density at radius 3 is 2.20 bits per heavy atom. The predicted molar refractivity (Wildman–Crippen MR) is 95.0 cm³/mol. The molecule has 1 unspecified atom stereocenters. The second kappa shape index (κ2) is 8.25. The summed E-state index contributed by atoms with van der Waals surface area (Å²) in [5.41, 5.74) is 0.867. The fraction of sp³-hybridized carbons (Fsp3) is 0.588. The minimum Gasteiger partial charge on any atom is -0.348 e. The molecule has 1 aliphatic rings. The molecule has 2 rings (SSSR count). The van der Waals surface area contributed by atoms with Gasteiger partial charge in [-0.3, -0.25) is 9.69 Å². The lowest BCUT2D eigenvalue weighted by Crippen LogP contribution is -2.51. The molecule has 140 valence electrons. The summed E-state index contributed by atoms with van der Waals surface area (Å²) in [5.74, 6) is -0.256. The van der Waals surface area contributed by atoms with Crippen LogP contribution in [0.5, 0.6) is 0 Å². The molecule has 1 aromatic carbocycles. The highest BCUT2D eigenvalue weighted by molar-refractivity contribution is 7.88. The zero-order valence-corrected chi connectivity index (χ0v) is 15.7. The molecule has 1 saturated heterocycles. The van der Waals surface area contributed by atoms with Crippen LogP contribution in [0.25, 0.3) is 0 Å². The number of hydrogen-bond donors (Lipinski definition) is 1. The topological polar surface area (TPSA) is 69.7 Å². The third-order valence-electron chi connectivity index (χ3n) is 4.38. The Labute approximate surface area is 149 Å². The summed E-state index contributed by atoms with van der Waals surface area (Å²) in [5, 5.41) is 3.01. The number of nitrogens with one attached hydrogen (secondary N) is 1. The van der Waals surface area contributed by atoms with E-state index >= 15 is 0 Å². The van der Waals surface area contributed by atoms with Crippen molar-refractivity contribution in [2.75, 3.05) is 39.0 Å². The molecule has 25 heavy (non-hydrogen) atoms. The second-order valence-electron chi connectivity index (χ2n) is 6.78. The summed E-state index contributed by atoms with van der Waals surface area (Å²) in [6.07, 6.45) is 1.20. The number of benzene rings is 1. The summed E-state index contributed by atoms with van der Waals surface area (Å²) in [6.45, 7) is 6.09. The monoisotopic (exact) mass is 371 g/mol. The smallest absolute Gasteiger partial charge is 0.234 e. The Balaban J connectivity index is 1.91. The van der Waals surface area contributed by atoms with Crippen molar-refractivity contribution in [2.24, 2.45) is 5.92 Å². The maximum atomic E-state index is 13.1. The molecule has 1 heterocycles. The molecule has 0 radical (unpaired) electrons. The molecular weight excluding hydrogens is 345 g/mol. The van der Waals surface area contributed by atoms with Crippen molar-refractivity contribution in [1.82, 2.24) is 14.5 Å². The highest BCUT2D eigenvalue weighted by Crippen LogP contribution is 2.22. The van der Waals surface area contributed by atoms with E-state index in [1.54, 1.807) is 12.1 Å². The van der Waals surface area contributed by atoms with E-state index in [1.165, 1.54) is 22.7 Å². The van der Waals surface area contributed by atoms with Crippen LogP contribution in [0, 0.1) is 11.7 Å². The van der Waals surface area contributed by atoms with Crippen LogP contribution in [0.2, 0.25) is 0 Å². The number of rotatable bonds is 6. The van der Waals surface area contributed by atoms with Crippen molar-refractivity contribution in [2.45, 2.75) is 19.9 Å². The Kier molecular flexibility index (Phi) is 6.53. The van der Waals surface area contributed by atoms with Crippen LogP contribution in [-0.2, 0) is 14.8 Å². The lowest BCUT2D eigenvalue weighted by atomic mass is 9.96. The van der Waals surface area contributed by atoms with Crippen LogP contribution in [0.15, 0.2) is 24.3 Å². The van der Waals surface area contributed by atoms with Gasteiger partial charge in [0.1, 0.15) is 5.82 Å². The van der Waals surface area contributed by atoms with Gasteiger partial charge in [-0.2, -0.15) is 4.31 Å². The summed E-state index contributed by atoms with van der Waals surface area (Å²) in [4.78, 5) is 14.3. The molecule has 1 N–H and O–H groups in total. The quantitative estimate of drug-likeness (QED) is 0.816. The van der Waals surface area contributed by atoms with Crippen LogP contribution in [0.1, 0.15) is 25.5 Å². The van der Waals surface area contributed by atoms with Gasteiger partial charge < -0.3 is 5.32 Å². The van der Waals surface area contributed by atoms with Crippen LogP contribution in [0.4, 0.5) is 4.39 Å². The highest BCUT2D eigenvalue weighted by atomic mass is 32.2. The largest absolute Gasteiger partial charge is 0.348 e. The molecule has 0 spiro atoms. The summed E-state index contributed by atoms with van der Waals surface area (Å²) < 4.78 is 37.6. The van der Waals surface area contributed by atoms with Crippen LogP contribution < -0.4 is 5.32 Å².